The van der Waals surface area contributed by atoms with Crippen molar-refractivity contribution in [2.45, 2.75) is 12.8 Å². The summed E-state index contributed by atoms with van der Waals surface area (Å²) in [6.45, 7) is 1.87. The fourth-order valence-corrected chi connectivity index (χ4v) is 4.23. The van der Waals surface area contributed by atoms with Gasteiger partial charge in [-0.2, -0.15) is 0 Å². The molecule has 1 unspecified atom stereocenters. The lowest BCUT2D eigenvalue weighted by Gasteiger charge is -2.13. The average Bonchev–Trinajstić information content (AvgIpc) is 2.42. The standard InChI is InChI=1S/C13H13Br2N3O2S/c1-9(10-5-3-2-4-6-10)8-21(19,20)18-13-12(15)17-11(14)7-16-13/h2-7,9H,8H2,1H3,(H,16,18). The van der Waals surface area contributed by atoms with Gasteiger partial charge in [0.05, 0.1) is 11.9 Å². The van der Waals surface area contributed by atoms with Gasteiger partial charge >= 0.3 is 0 Å². The van der Waals surface area contributed by atoms with E-state index in [1.54, 1.807) is 0 Å². The monoisotopic (exact) mass is 433 g/mol. The second-order valence-corrected chi connectivity index (χ2v) is 7.86. The zero-order chi connectivity index (χ0) is 15.5. The summed E-state index contributed by atoms with van der Waals surface area (Å²) in [7, 11) is -3.52. The fourth-order valence-electron chi connectivity index (χ4n) is 1.81. The molecule has 1 aromatic carbocycles. The predicted octanol–water partition coefficient (Wildman–Crippen LogP) is 3.55. The zero-order valence-corrected chi connectivity index (χ0v) is 15.1. The van der Waals surface area contributed by atoms with Crippen molar-refractivity contribution in [2.24, 2.45) is 0 Å². The Labute approximate surface area is 140 Å². The number of hydrogen-bond donors (Lipinski definition) is 1. The minimum atomic E-state index is -3.52. The zero-order valence-electron chi connectivity index (χ0n) is 11.1. The molecule has 1 atom stereocenters. The van der Waals surface area contributed by atoms with Crippen molar-refractivity contribution in [2.75, 3.05) is 10.5 Å². The first-order valence-corrected chi connectivity index (χ1v) is 9.35. The van der Waals surface area contributed by atoms with Gasteiger partial charge < -0.3 is 0 Å². The lowest BCUT2D eigenvalue weighted by molar-refractivity contribution is 0.595. The van der Waals surface area contributed by atoms with Crippen LogP contribution in [-0.4, -0.2) is 24.1 Å². The van der Waals surface area contributed by atoms with Crippen LogP contribution in [0.4, 0.5) is 5.82 Å². The van der Waals surface area contributed by atoms with Gasteiger partial charge in [-0.25, -0.2) is 18.4 Å². The van der Waals surface area contributed by atoms with E-state index in [-0.39, 0.29) is 17.5 Å². The molecular formula is C13H13Br2N3O2S. The van der Waals surface area contributed by atoms with Gasteiger partial charge in [-0.15, -0.1) is 0 Å². The van der Waals surface area contributed by atoms with Crippen molar-refractivity contribution in [3.05, 3.63) is 51.3 Å². The van der Waals surface area contributed by atoms with Crippen molar-refractivity contribution in [1.29, 1.82) is 0 Å². The molecular weight excluding hydrogens is 422 g/mol. The molecule has 1 N–H and O–H groups in total. The van der Waals surface area contributed by atoms with E-state index in [2.05, 4.69) is 46.5 Å². The Morgan fingerprint density at radius 3 is 2.52 bits per heavy atom. The van der Waals surface area contributed by atoms with E-state index in [4.69, 9.17) is 0 Å². The van der Waals surface area contributed by atoms with Crippen molar-refractivity contribution in [1.82, 2.24) is 9.97 Å². The summed E-state index contributed by atoms with van der Waals surface area (Å²) in [5, 5.41) is 0. The van der Waals surface area contributed by atoms with E-state index in [1.807, 2.05) is 37.3 Å². The van der Waals surface area contributed by atoms with Gasteiger partial charge in [0.1, 0.15) is 4.60 Å². The van der Waals surface area contributed by atoms with Gasteiger partial charge in [-0.3, -0.25) is 4.72 Å². The van der Waals surface area contributed by atoms with Crippen LogP contribution in [0.1, 0.15) is 18.4 Å². The molecule has 0 amide bonds. The van der Waals surface area contributed by atoms with Crippen molar-refractivity contribution < 1.29 is 8.42 Å². The quantitative estimate of drug-likeness (QED) is 0.780. The minimum absolute atomic E-state index is 0.0266. The van der Waals surface area contributed by atoms with Crippen LogP contribution in [0.25, 0.3) is 0 Å². The molecule has 0 radical (unpaired) electrons. The Bertz CT molecular complexity index is 723. The fraction of sp³-hybridized carbons (Fsp3) is 0.231. The van der Waals surface area contributed by atoms with E-state index in [9.17, 15) is 8.42 Å². The lowest BCUT2D eigenvalue weighted by Crippen LogP contribution is -2.21. The molecule has 5 nitrogen and oxygen atoms in total. The second-order valence-electron chi connectivity index (χ2n) is 4.53. The van der Waals surface area contributed by atoms with Crippen LogP contribution in [0.15, 0.2) is 45.7 Å². The third kappa shape index (κ3) is 4.76. The highest BCUT2D eigenvalue weighted by Gasteiger charge is 2.19. The Morgan fingerprint density at radius 1 is 1.24 bits per heavy atom. The number of benzene rings is 1. The SMILES string of the molecule is CC(CS(=O)(=O)Nc1ncc(Br)nc1Br)c1ccccc1. The molecule has 0 saturated carbocycles. The van der Waals surface area contributed by atoms with E-state index in [0.717, 1.165) is 5.56 Å². The largest absolute Gasteiger partial charge is 0.265 e. The summed E-state index contributed by atoms with van der Waals surface area (Å²) >= 11 is 6.35. The number of aromatic nitrogens is 2. The first kappa shape index (κ1) is 16.4. The summed E-state index contributed by atoms with van der Waals surface area (Å²) in [6.07, 6.45) is 1.43. The van der Waals surface area contributed by atoms with Crippen molar-refractivity contribution in [3.8, 4) is 0 Å². The Kier molecular flexibility index (Phi) is 5.34. The smallest absolute Gasteiger partial charge is 0.234 e. The molecule has 1 heterocycles. The van der Waals surface area contributed by atoms with Crippen LogP contribution in [0.2, 0.25) is 0 Å². The normalized spacial score (nSPS) is 12.9. The van der Waals surface area contributed by atoms with Gasteiger partial charge in [0.15, 0.2) is 10.4 Å². The van der Waals surface area contributed by atoms with Crippen LogP contribution in [-0.2, 0) is 10.0 Å². The molecule has 0 aliphatic rings. The third-order valence-electron chi connectivity index (χ3n) is 2.79. The minimum Gasteiger partial charge on any atom is -0.265 e. The van der Waals surface area contributed by atoms with E-state index < -0.39 is 10.0 Å². The molecule has 0 saturated heterocycles. The summed E-state index contributed by atoms with van der Waals surface area (Å²) in [5.74, 6) is 0.0330. The molecule has 1 aromatic heterocycles. The van der Waals surface area contributed by atoms with Crippen molar-refractivity contribution >= 4 is 47.7 Å². The van der Waals surface area contributed by atoms with E-state index in [0.29, 0.717) is 9.21 Å². The second kappa shape index (κ2) is 6.85. The van der Waals surface area contributed by atoms with Crippen LogP contribution in [0, 0.1) is 0 Å². The van der Waals surface area contributed by atoms with Crippen LogP contribution >= 0.6 is 31.9 Å². The van der Waals surface area contributed by atoms with Crippen LogP contribution in [0.3, 0.4) is 0 Å². The highest BCUT2D eigenvalue weighted by molar-refractivity contribution is 9.11. The third-order valence-corrected chi connectivity index (χ3v) is 5.17. The highest BCUT2D eigenvalue weighted by atomic mass is 79.9. The summed E-state index contributed by atoms with van der Waals surface area (Å²) in [5.41, 5.74) is 0.976. The molecule has 2 rings (SSSR count). The van der Waals surface area contributed by atoms with Crippen LogP contribution in [0.5, 0.6) is 0 Å². The molecule has 0 bridgehead atoms. The summed E-state index contributed by atoms with van der Waals surface area (Å²) < 4.78 is 27.7. The summed E-state index contributed by atoms with van der Waals surface area (Å²) in [6, 6.07) is 9.51. The predicted molar refractivity (Wildman–Crippen MR) is 89.7 cm³/mol. The summed E-state index contributed by atoms with van der Waals surface area (Å²) in [4.78, 5) is 8.04. The highest BCUT2D eigenvalue weighted by Crippen LogP contribution is 2.22. The number of rotatable bonds is 5. The number of nitrogens with zero attached hydrogens (tertiary/aromatic N) is 2. The maximum Gasteiger partial charge on any atom is 0.234 e. The molecule has 21 heavy (non-hydrogen) atoms. The number of halogens is 2. The Morgan fingerprint density at radius 2 is 1.90 bits per heavy atom. The first-order valence-electron chi connectivity index (χ1n) is 6.11. The van der Waals surface area contributed by atoms with Gasteiger partial charge in [0.2, 0.25) is 10.0 Å². The molecule has 112 valence electrons. The maximum atomic E-state index is 12.2. The Balaban J connectivity index is 2.12. The number of anilines is 1. The van der Waals surface area contributed by atoms with Gasteiger partial charge in [0, 0.05) is 0 Å². The Hall–Kier alpha value is -0.990. The number of sulfonamides is 1. The molecule has 0 fully saturated rings. The van der Waals surface area contributed by atoms with Crippen LogP contribution < -0.4 is 4.72 Å². The van der Waals surface area contributed by atoms with Crippen molar-refractivity contribution in [3.63, 3.8) is 0 Å². The maximum absolute atomic E-state index is 12.2. The molecule has 2 aromatic rings. The van der Waals surface area contributed by atoms with E-state index in [1.165, 1.54) is 6.20 Å². The lowest BCUT2D eigenvalue weighted by atomic mass is 10.0. The number of nitrogens with one attached hydrogen (secondary N) is 1. The topological polar surface area (TPSA) is 72.0 Å². The van der Waals surface area contributed by atoms with Gasteiger partial charge in [0.25, 0.3) is 0 Å². The van der Waals surface area contributed by atoms with Gasteiger partial charge in [-0.05, 0) is 43.3 Å². The van der Waals surface area contributed by atoms with E-state index >= 15 is 0 Å². The first-order chi connectivity index (χ1) is 9.87. The molecule has 0 aliphatic heterocycles. The van der Waals surface area contributed by atoms with Gasteiger partial charge in [-0.1, -0.05) is 37.3 Å². The molecule has 0 aliphatic carbocycles. The molecule has 8 heteroatoms. The molecule has 0 spiro atoms. The average molecular weight is 435 g/mol. The number of hydrogen-bond acceptors (Lipinski definition) is 4.